The summed E-state index contributed by atoms with van der Waals surface area (Å²) in [4.78, 5) is 0. The third kappa shape index (κ3) is 3.17. The van der Waals surface area contributed by atoms with E-state index < -0.39 is 0 Å². The van der Waals surface area contributed by atoms with Crippen LogP contribution in [0.5, 0.6) is 0 Å². The van der Waals surface area contributed by atoms with Gasteiger partial charge in [0.1, 0.15) is 5.01 Å². The van der Waals surface area contributed by atoms with Gasteiger partial charge in [-0.25, -0.2) is 0 Å². The van der Waals surface area contributed by atoms with Crippen LogP contribution in [0.3, 0.4) is 0 Å². The Bertz CT molecular complexity index is 541. The largest absolute Gasteiger partial charge is 0.354 e. The van der Waals surface area contributed by atoms with E-state index in [2.05, 4.69) is 44.5 Å². The Labute approximate surface area is 123 Å². The number of rotatable bonds is 6. The molecule has 0 bridgehead atoms. The van der Waals surface area contributed by atoms with Gasteiger partial charge in [-0.3, -0.25) is 4.68 Å². The highest BCUT2D eigenvalue weighted by Gasteiger charge is 2.17. The first kappa shape index (κ1) is 13.5. The Balaban J connectivity index is 1.54. The molecule has 1 saturated carbocycles. The third-order valence-electron chi connectivity index (χ3n) is 3.71. The van der Waals surface area contributed by atoms with Crippen molar-refractivity contribution in [1.82, 2.24) is 20.0 Å². The van der Waals surface area contributed by atoms with Crippen LogP contribution in [0, 0.1) is 0 Å². The van der Waals surface area contributed by atoms with Crippen molar-refractivity contribution in [2.75, 3.05) is 5.32 Å². The molecule has 5 nitrogen and oxygen atoms in total. The van der Waals surface area contributed by atoms with Crippen molar-refractivity contribution in [3.63, 3.8) is 0 Å². The van der Waals surface area contributed by atoms with Gasteiger partial charge in [0.05, 0.1) is 18.3 Å². The topological polar surface area (TPSA) is 55.6 Å². The molecule has 2 aromatic heterocycles. The van der Waals surface area contributed by atoms with Crippen LogP contribution in [-0.2, 0) is 13.0 Å². The van der Waals surface area contributed by atoms with Crippen molar-refractivity contribution < 1.29 is 0 Å². The van der Waals surface area contributed by atoms with Gasteiger partial charge in [-0.1, -0.05) is 31.1 Å². The zero-order chi connectivity index (χ0) is 13.8. The average molecular weight is 291 g/mol. The lowest BCUT2D eigenvalue weighted by molar-refractivity contribution is 0.463. The van der Waals surface area contributed by atoms with Gasteiger partial charge in [0.15, 0.2) is 0 Å². The van der Waals surface area contributed by atoms with Crippen molar-refractivity contribution >= 4 is 16.5 Å². The number of anilines is 1. The van der Waals surface area contributed by atoms with Crippen LogP contribution in [0.25, 0.3) is 0 Å². The van der Waals surface area contributed by atoms with Crippen LogP contribution < -0.4 is 5.32 Å². The minimum absolute atomic E-state index is 0.612. The Kier molecular flexibility index (Phi) is 4.30. The van der Waals surface area contributed by atoms with E-state index in [1.54, 1.807) is 11.3 Å². The van der Waals surface area contributed by atoms with Crippen molar-refractivity contribution in [3.05, 3.63) is 23.0 Å². The standard InChI is InChI=1S/C14H21N5S/c1-2-5-13-16-17-14(20-13)15-10-11-8-9-19(18-11)12-6-3-4-7-12/h8-9,12H,2-7,10H2,1H3,(H,15,17). The maximum atomic E-state index is 4.66. The van der Waals surface area contributed by atoms with Crippen molar-refractivity contribution in [1.29, 1.82) is 0 Å². The van der Waals surface area contributed by atoms with E-state index >= 15 is 0 Å². The van der Waals surface area contributed by atoms with E-state index in [-0.39, 0.29) is 0 Å². The van der Waals surface area contributed by atoms with Gasteiger partial charge in [0, 0.05) is 12.6 Å². The fourth-order valence-corrected chi connectivity index (χ4v) is 3.49. The Morgan fingerprint density at radius 1 is 1.35 bits per heavy atom. The van der Waals surface area contributed by atoms with Crippen LogP contribution in [0.15, 0.2) is 12.3 Å². The van der Waals surface area contributed by atoms with Crippen LogP contribution >= 0.6 is 11.3 Å². The quantitative estimate of drug-likeness (QED) is 0.886. The predicted molar refractivity (Wildman–Crippen MR) is 81.0 cm³/mol. The van der Waals surface area contributed by atoms with Gasteiger partial charge in [-0.05, 0) is 25.3 Å². The summed E-state index contributed by atoms with van der Waals surface area (Å²) in [6.07, 6.45) is 9.44. The van der Waals surface area contributed by atoms with E-state index in [1.165, 1.54) is 25.7 Å². The molecule has 3 rings (SSSR count). The summed E-state index contributed by atoms with van der Waals surface area (Å²) in [5, 5.41) is 18.3. The molecule has 0 radical (unpaired) electrons. The second-order valence-electron chi connectivity index (χ2n) is 5.33. The van der Waals surface area contributed by atoms with Crippen molar-refractivity contribution in [2.24, 2.45) is 0 Å². The smallest absolute Gasteiger partial charge is 0.205 e. The van der Waals surface area contributed by atoms with E-state index in [1.807, 2.05) is 0 Å². The van der Waals surface area contributed by atoms with Gasteiger partial charge >= 0.3 is 0 Å². The highest BCUT2D eigenvalue weighted by Crippen LogP contribution is 2.28. The fraction of sp³-hybridized carbons (Fsp3) is 0.643. The van der Waals surface area contributed by atoms with Crippen molar-refractivity contribution in [3.8, 4) is 0 Å². The van der Waals surface area contributed by atoms with E-state index in [4.69, 9.17) is 0 Å². The highest BCUT2D eigenvalue weighted by atomic mass is 32.1. The number of nitrogens with zero attached hydrogens (tertiary/aromatic N) is 4. The lowest BCUT2D eigenvalue weighted by Crippen LogP contribution is -2.07. The molecule has 0 atom stereocenters. The Hall–Kier alpha value is -1.43. The maximum Gasteiger partial charge on any atom is 0.205 e. The molecule has 0 aromatic carbocycles. The van der Waals surface area contributed by atoms with Gasteiger partial charge in [-0.2, -0.15) is 5.10 Å². The maximum absolute atomic E-state index is 4.66. The molecule has 2 aromatic rings. The number of aromatic nitrogens is 4. The molecule has 2 heterocycles. The minimum atomic E-state index is 0.612. The molecule has 20 heavy (non-hydrogen) atoms. The summed E-state index contributed by atoms with van der Waals surface area (Å²) in [5.74, 6) is 0. The van der Waals surface area contributed by atoms with E-state index in [0.717, 1.165) is 35.2 Å². The number of nitrogens with one attached hydrogen (secondary N) is 1. The Morgan fingerprint density at radius 2 is 2.20 bits per heavy atom. The highest BCUT2D eigenvalue weighted by molar-refractivity contribution is 7.15. The molecule has 1 aliphatic carbocycles. The lowest BCUT2D eigenvalue weighted by Gasteiger charge is -2.08. The first-order chi connectivity index (χ1) is 9.85. The van der Waals surface area contributed by atoms with Crippen LogP contribution in [0.4, 0.5) is 5.13 Å². The summed E-state index contributed by atoms with van der Waals surface area (Å²) >= 11 is 1.64. The molecule has 0 unspecified atom stereocenters. The zero-order valence-corrected chi connectivity index (χ0v) is 12.7. The van der Waals surface area contributed by atoms with E-state index in [9.17, 15) is 0 Å². The summed E-state index contributed by atoms with van der Waals surface area (Å²) in [7, 11) is 0. The molecule has 0 aliphatic heterocycles. The van der Waals surface area contributed by atoms with E-state index in [0.29, 0.717) is 6.04 Å². The van der Waals surface area contributed by atoms with Crippen molar-refractivity contribution in [2.45, 2.75) is 58.0 Å². The molecule has 0 saturated heterocycles. The molecular weight excluding hydrogens is 270 g/mol. The fourth-order valence-electron chi connectivity index (χ4n) is 2.65. The minimum Gasteiger partial charge on any atom is -0.354 e. The first-order valence-electron chi connectivity index (χ1n) is 7.45. The number of aryl methyl sites for hydroxylation is 1. The molecule has 108 valence electrons. The van der Waals surface area contributed by atoms with Gasteiger partial charge in [0.25, 0.3) is 0 Å². The number of hydrogen-bond donors (Lipinski definition) is 1. The molecule has 1 fully saturated rings. The normalized spacial score (nSPS) is 15.8. The average Bonchev–Trinajstić information content (AvgIpc) is 3.18. The van der Waals surface area contributed by atoms with Crippen LogP contribution in [0.1, 0.15) is 55.8 Å². The SMILES string of the molecule is CCCc1nnc(NCc2ccn(C3CCCC3)n2)s1. The summed E-state index contributed by atoms with van der Waals surface area (Å²) < 4.78 is 2.13. The molecule has 1 N–H and O–H groups in total. The molecule has 0 spiro atoms. The molecular formula is C14H21N5S. The monoisotopic (exact) mass is 291 g/mol. The molecule has 0 amide bonds. The summed E-state index contributed by atoms with van der Waals surface area (Å²) in [5.41, 5.74) is 1.07. The summed E-state index contributed by atoms with van der Waals surface area (Å²) in [6.45, 7) is 2.88. The first-order valence-corrected chi connectivity index (χ1v) is 8.27. The van der Waals surface area contributed by atoms with Gasteiger partial charge in [-0.15, -0.1) is 10.2 Å². The van der Waals surface area contributed by atoms with Crippen LogP contribution in [0.2, 0.25) is 0 Å². The number of hydrogen-bond acceptors (Lipinski definition) is 5. The van der Waals surface area contributed by atoms with Gasteiger partial charge < -0.3 is 5.32 Å². The zero-order valence-electron chi connectivity index (χ0n) is 11.9. The Morgan fingerprint density at radius 3 is 3.00 bits per heavy atom. The van der Waals surface area contributed by atoms with Crippen LogP contribution in [-0.4, -0.2) is 20.0 Å². The van der Waals surface area contributed by atoms with Gasteiger partial charge in [0.2, 0.25) is 5.13 Å². The molecule has 1 aliphatic rings. The summed E-state index contributed by atoms with van der Waals surface area (Å²) in [6, 6.07) is 2.71. The second-order valence-corrected chi connectivity index (χ2v) is 6.39. The second kappa shape index (κ2) is 6.35. The predicted octanol–water partition coefficient (Wildman–Crippen LogP) is 3.41. The lowest BCUT2D eigenvalue weighted by atomic mass is 10.3. The third-order valence-corrected chi connectivity index (χ3v) is 4.65. The molecule has 6 heteroatoms.